The summed E-state index contributed by atoms with van der Waals surface area (Å²) in [6.45, 7) is 2.00. The molecule has 3 nitrogen and oxygen atoms in total. The molecule has 1 aromatic carbocycles. The Morgan fingerprint density at radius 1 is 1.42 bits per heavy atom. The summed E-state index contributed by atoms with van der Waals surface area (Å²) in [5.41, 5.74) is 2.07. The summed E-state index contributed by atoms with van der Waals surface area (Å²) in [5.74, 6) is -0.729. The molecule has 2 rings (SSSR count). The Morgan fingerprint density at radius 3 is 2.74 bits per heavy atom. The van der Waals surface area contributed by atoms with Crippen LogP contribution in [0.15, 0.2) is 24.3 Å². The number of nitrogens with zero attached hydrogens (tertiary/aromatic N) is 2. The number of halogens is 2. The lowest BCUT2D eigenvalue weighted by atomic mass is 10.1. The highest BCUT2D eigenvalue weighted by Crippen LogP contribution is 2.17. The molecule has 0 saturated heterocycles. The van der Waals surface area contributed by atoms with Gasteiger partial charge in [0.15, 0.2) is 5.78 Å². The second-order valence-electron chi connectivity index (χ2n) is 4.33. The number of aryl methyl sites for hydroxylation is 2. The van der Waals surface area contributed by atoms with Gasteiger partial charge in [-0.2, -0.15) is 5.10 Å². The lowest BCUT2D eigenvalue weighted by molar-refractivity contribution is 0.0990. The van der Waals surface area contributed by atoms with E-state index in [-0.39, 0.29) is 17.2 Å². The average molecular weight is 281 g/mol. The quantitative estimate of drug-likeness (QED) is 0.806. The number of aromatic nitrogens is 2. The second kappa shape index (κ2) is 5.53. The molecule has 5 heteroatoms. The molecule has 1 aromatic heterocycles. The van der Waals surface area contributed by atoms with Crippen LogP contribution in [0.2, 0.25) is 5.02 Å². The fraction of sp³-hybridized carbons (Fsp3) is 0.286. The Balaban J connectivity index is 2.20. The molecule has 0 spiro atoms. The van der Waals surface area contributed by atoms with Gasteiger partial charge in [0.05, 0.1) is 17.1 Å². The number of carbonyl (C=O) groups is 1. The van der Waals surface area contributed by atoms with Crippen LogP contribution < -0.4 is 0 Å². The summed E-state index contributed by atoms with van der Waals surface area (Å²) in [7, 11) is 1.80. The molecule has 0 bridgehead atoms. The van der Waals surface area contributed by atoms with Gasteiger partial charge in [-0.05, 0) is 30.7 Å². The van der Waals surface area contributed by atoms with E-state index in [0.29, 0.717) is 5.56 Å². The molecular formula is C14H14ClFN2O. The molecule has 100 valence electrons. The minimum absolute atomic E-state index is 0.0188. The number of hydrogen-bond donors (Lipinski definition) is 0. The Hall–Kier alpha value is -1.68. The summed E-state index contributed by atoms with van der Waals surface area (Å²) in [4.78, 5) is 12.1. The zero-order chi connectivity index (χ0) is 14.0. The predicted molar refractivity (Wildman–Crippen MR) is 72.0 cm³/mol. The summed E-state index contributed by atoms with van der Waals surface area (Å²) < 4.78 is 15.0. The molecular weight excluding hydrogens is 267 g/mol. The van der Waals surface area contributed by atoms with E-state index >= 15 is 0 Å². The zero-order valence-electron chi connectivity index (χ0n) is 10.8. The van der Waals surface area contributed by atoms with Crippen LogP contribution in [-0.2, 0) is 19.9 Å². The van der Waals surface area contributed by atoms with Crippen molar-refractivity contribution in [1.82, 2.24) is 9.78 Å². The number of Topliss-reactive ketones (excluding diaryl/α,β-unsaturated/α-hetero) is 1. The van der Waals surface area contributed by atoms with Crippen molar-refractivity contribution in [2.45, 2.75) is 19.8 Å². The number of rotatable bonds is 4. The van der Waals surface area contributed by atoms with Gasteiger partial charge in [-0.15, -0.1) is 0 Å². The third-order valence-corrected chi connectivity index (χ3v) is 3.28. The maximum Gasteiger partial charge on any atom is 0.168 e. The van der Waals surface area contributed by atoms with Gasteiger partial charge in [0.2, 0.25) is 0 Å². The molecule has 0 aliphatic heterocycles. The average Bonchev–Trinajstić information content (AvgIpc) is 2.73. The molecule has 0 N–H and O–H groups in total. The van der Waals surface area contributed by atoms with E-state index in [0.717, 1.165) is 17.8 Å². The largest absolute Gasteiger partial charge is 0.294 e. The number of benzene rings is 1. The van der Waals surface area contributed by atoms with Gasteiger partial charge in [-0.3, -0.25) is 9.48 Å². The third kappa shape index (κ3) is 3.01. The van der Waals surface area contributed by atoms with Crippen LogP contribution in [0.5, 0.6) is 0 Å². The molecule has 19 heavy (non-hydrogen) atoms. The molecule has 0 saturated carbocycles. The summed E-state index contributed by atoms with van der Waals surface area (Å²) in [6.07, 6.45) is 1.02. The lowest BCUT2D eigenvalue weighted by Gasteiger charge is -2.03. The molecule has 0 aliphatic carbocycles. The van der Waals surface area contributed by atoms with Crippen LogP contribution >= 0.6 is 11.6 Å². The van der Waals surface area contributed by atoms with Crippen molar-refractivity contribution >= 4 is 17.4 Å². The molecule has 0 amide bonds. The van der Waals surface area contributed by atoms with E-state index in [2.05, 4.69) is 5.10 Å². The van der Waals surface area contributed by atoms with Crippen LogP contribution in [0.1, 0.15) is 28.7 Å². The first-order valence-corrected chi connectivity index (χ1v) is 6.39. The standard InChI is InChI=1S/C14H14ClFN2O/c1-3-10-7-11(18(2)17-10)8-14(19)9-4-5-12(15)13(16)6-9/h4-7H,3,8H2,1-2H3. The zero-order valence-corrected chi connectivity index (χ0v) is 11.5. The summed E-state index contributed by atoms with van der Waals surface area (Å²) >= 11 is 5.59. The van der Waals surface area contributed by atoms with Crippen molar-refractivity contribution in [3.8, 4) is 0 Å². The second-order valence-corrected chi connectivity index (χ2v) is 4.74. The van der Waals surface area contributed by atoms with Crippen molar-refractivity contribution < 1.29 is 9.18 Å². The maximum atomic E-state index is 13.3. The number of carbonyl (C=O) groups excluding carboxylic acids is 1. The van der Waals surface area contributed by atoms with E-state index < -0.39 is 5.82 Å². The van der Waals surface area contributed by atoms with Crippen molar-refractivity contribution in [3.63, 3.8) is 0 Å². The lowest BCUT2D eigenvalue weighted by Crippen LogP contribution is -2.08. The normalized spacial score (nSPS) is 10.7. The number of ketones is 1. The van der Waals surface area contributed by atoms with Gasteiger partial charge in [0.1, 0.15) is 5.82 Å². The molecule has 0 unspecified atom stereocenters. The Morgan fingerprint density at radius 2 is 2.16 bits per heavy atom. The minimum atomic E-state index is -0.577. The van der Waals surface area contributed by atoms with E-state index in [1.165, 1.54) is 18.2 Å². The SMILES string of the molecule is CCc1cc(CC(=O)c2ccc(Cl)c(F)c2)n(C)n1. The van der Waals surface area contributed by atoms with Crippen LogP contribution in [0, 0.1) is 5.82 Å². The van der Waals surface area contributed by atoms with Crippen molar-refractivity contribution in [1.29, 1.82) is 0 Å². The summed E-state index contributed by atoms with van der Waals surface area (Å²) in [5, 5.41) is 4.30. The van der Waals surface area contributed by atoms with Gasteiger partial charge in [0.25, 0.3) is 0 Å². The van der Waals surface area contributed by atoms with E-state index in [1.54, 1.807) is 11.7 Å². The first kappa shape index (κ1) is 13.7. The van der Waals surface area contributed by atoms with Gasteiger partial charge in [-0.1, -0.05) is 18.5 Å². The Labute approximate surface area is 116 Å². The number of hydrogen-bond acceptors (Lipinski definition) is 2. The fourth-order valence-electron chi connectivity index (χ4n) is 1.85. The van der Waals surface area contributed by atoms with Crippen molar-refractivity contribution in [3.05, 3.63) is 52.1 Å². The Bertz CT molecular complexity index is 622. The monoisotopic (exact) mass is 280 g/mol. The first-order valence-electron chi connectivity index (χ1n) is 6.01. The first-order chi connectivity index (χ1) is 9.01. The van der Waals surface area contributed by atoms with Gasteiger partial charge in [0, 0.05) is 18.3 Å². The summed E-state index contributed by atoms with van der Waals surface area (Å²) in [6, 6.07) is 5.99. The van der Waals surface area contributed by atoms with Crippen LogP contribution in [0.25, 0.3) is 0 Å². The smallest absolute Gasteiger partial charge is 0.168 e. The van der Waals surface area contributed by atoms with E-state index in [4.69, 9.17) is 11.6 Å². The van der Waals surface area contributed by atoms with Crippen molar-refractivity contribution in [2.24, 2.45) is 7.05 Å². The van der Waals surface area contributed by atoms with Crippen molar-refractivity contribution in [2.75, 3.05) is 0 Å². The fourth-order valence-corrected chi connectivity index (χ4v) is 1.96. The molecule has 0 radical (unpaired) electrons. The van der Waals surface area contributed by atoms with Crippen LogP contribution in [-0.4, -0.2) is 15.6 Å². The highest BCUT2D eigenvalue weighted by molar-refractivity contribution is 6.30. The Kier molecular flexibility index (Phi) is 4.00. The third-order valence-electron chi connectivity index (χ3n) is 2.97. The van der Waals surface area contributed by atoms with E-state index in [9.17, 15) is 9.18 Å². The molecule has 1 heterocycles. The van der Waals surface area contributed by atoms with Gasteiger partial charge >= 0.3 is 0 Å². The molecule has 2 aromatic rings. The predicted octanol–water partition coefficient (Wildman–Crippen LogP) is 3.20. The minimum Gasteiger partial charge on any atom is -0.294 e. The molecule has 0 fully saturated rings. The highest BCUT2D eigenvalue weighted by atomic mass is 35.5. The van der Waals surface area contributed by atoms with Gasteiger partial charge in [-0.25, -0.2) is 4.39 Å². The molecule has 0 atom stereocenters. The highest BCUT2D eigenvalue weighted by Gasteiger charge is 2.13. The van der Waals surface area contributed by atoms with Crippen LogP contribution in [0.3, 0.4) is 0 Å². The van der Waals surface area contributed by atoms with Crippen LogP contribution in [0.4, 0.5) is 4.39 Å². The molecule has 0 aliphatic rings. The maximum absolute atomic E-state index is 13.3. The van der Waals surface area contributed by atoms with Gasteiger partial charge < -0.3 is 0 Å². The topological polar surface area (TPSA) is 34.9 Å². The van der Waals surface area contributed by atoms with E-state index in [1.807, 2.05) is 13.0 Å².